The van der Waals surface area contributed by atoms with Gasteiger partial charge in [0.05, 0.1) is 19.0 Å². The van der Waals surface area contributed by atoms with Gasteiger partial charge in [-0.1, -0.05) is 11.2 Å². The molecule has 0 aliphatic heterocycles. The Kier molecular flexibility index (Phi) is 6.28. The summed E-state index contributed by atoms with van der Waals surface area (Å²) in [5.74, 6) is 0.397. The Morgan fingerprint density at radius 2 is 1.76 bits per heavy atom. The Bertz CT molecular complexity index is 796. The molecular formula is C19H21N3O3. The smallest absolute Gasteiger partial charge is 0.214 e. The van der Waals surface area contributed by atoms with Crippen LogP contribution in [0.2, 0.25) is 0 Å². The molecule has 0 amide bonds. The molecule has 0 heterocycles. The number of hydrazone groups is 1. The molecule has 0 atom stereocenters. The second-order valence-electron chi connectivity index (χ2n) is 5.38. The van der Waals surface area contributed by atoms with E-state index in [1.807, 2.05) is 32.0 Å². The lowest BCUT2D eigenvalue weighted by molar-refractivity contribution is 0.106. The van der Waals surface area contributed by atoms with Crippen LogP contribution in [0.5, 0.6) is 5.75 Å². The van der Waals surface area contributed by atoms with Crippen LogP contribution in [-0.2, 0) is 4.84 Å². The number of aryl methyl sites for hydroxylation is 2. The maximum absolute atomic E-state index is 12.6. The summed E-state index contributed by atoms with van der Waals surface area (Å²) in [6.07, 6.45) is 1.28. The van der Waals surface area contributed by atoms with Crippen molar-refractivity contribution in [2.75, 3.05) is 19.6 Å². The molecule has 0 aliphatic carbocycles. The Balaban J connectivity index is 2.25. The van der Waals surface area contributed by atoms with Crippen molar-refractivity contribution in [3.05, 3.63) is 59.2 Å². The van der Waals surface area contributed by atoms with E-state index in [0.717, 1.165) is 11.3 Å². The minimum absolute atomic E-state index is 0.130. The number of carbonyl (C=O) groups is 1. The first-order valence-corrected chi connectivity index (χ1v) is 7.71. The molecule has 0 spiro atoms. The Morgan fingerprint density at radius 1 is 1.04 bits per heavy atom. The van der Waals surface area contributed by atoms with Gasteiger partial charge in [0.1, 0.15) is 12.9 Å². The molecule has 0 bridgehead atoms. The number of rotatable bonds is 7. The van der Waals surface area contributed by atoms with E-state index in [0.29, 0.717) is 11.3 Å². The lowest BCUT2D eigenvalue weighted by atomic mass is 10.1. The van der Waals surface area contributed by atoms with Crippen LogP contribution in [0.4, 0.5) is 5.69 Å². The van der Waals surface area contributed by atoms with Crippen molar-refractivity contribution in [2.24, 2.45) is 10.3 Å². The fraction of sp³-hybridized carbons (Fsp3) is 0.211. The van der Waals surface area contributed by atoms with Crippen molar-refractivity contribution in [2.45, 2.75) is 13.8 Å². The fourth-order valence-corrected chi connectivity index (χ4v) is 2.07. The summed E-state index contributed by atoms with van der Waals surface area (Å²) < 4.78 is 5.10. The molecule has 2 aromatic carbocycles. The minimum Gasteiger partial charge on any atom is -0.497 e. The molecule has 6 nitrogen and oxygen atoms in total. The number of nitrogens with zero attached hydrogens (tertiary/aromatic N) is 2. The average molecular weight is 339 g/mol. The SMILES string of the molecule is CO/N=C/C(=N\Nc1ccc(C)c(C)c1)C(=O)c1ccc(OC)cc1. The van der Waals surface area contributed by atoms with Gasteiger partial charge in [0.2, 0.25) is 5.78 Å². The standard InChI is InChI=1S/C19H21N3O3/c1-13-5-8-16(11-14(13)2)21-22-18(12-20-25-4)19(23)15-6-9-17(24-3)10-7-15/h5-12,21H,1-4H3/b20-12+,22-18+. The zero-order chi connectivity index (χ0) is 18.2. The summed E-state index contributed by atoms with van der Waals surface area (Å²) in [4.78, 5) is 17.3. The monoisotopic (exact) mass is 339 g/mol. The lowest BCUT2D eigenvalue weighted by Crippen LogP contribution is -2.18. The molecule has 2 rings (SSSR count). The highest BCUT2D eigenvalue weighted by Gasteiger charge is 2.13. The first-order chi connectivity index (χ1) is 12.0. The van der Waals surface area contributed by atoms with E-state index in [1.54, 1.807) is 31.4 Å². The van der Waals surface area contributed by atoms with E-state index in [4.69, 9.17) is 4.74 Å². The number of nitrogens with one attached hydrogen (secondary N) is 1. The molecule has 0 fully saturated rings. The Labute approximate surface area is 147 Å². The van der Waals surface area contributed by atoms with Gasteiger partial charge in [-0.05, 0) is 61.4 Å². The van der Waals surface area contributed by atoms with Crippen LogP contribution in [-0.4, -0.2) is 31.9 Å². The molecule has 0 saturated carbocycles. The molecule has 2 aromatic rings. The minimum atomic E-state index is -0.278. The molecule has 25 heavy (non-hydrogen) atoms. The number of hydrogen-bond donors (Lipinski definition) is 1. The first-order valence-electron chi connectivity index (χ1n) is 7.71. The van der Waals surface area contributed by atoms with Gasteiger partial charge in [-0.2, -0.15) is 5.10 Å². The second-order valence-corrected chi connectivity index (χ2v) is 5.38. The summed E-state index contributed by atoms with van der Waals surface area (Å²) in [7, 11) is 2.98. The van der Waals surface area contributed by atoms with Crippen molar-refractivity contribution in [3.8, 4) is 5.75 Å². The Hall–Kier alpha value is -3.15. The van der Waals surface area contributed by atoms with Crippen molar-refractivity contribution in [1.82, 2.24) is 0 Å². The number of ether oxygens (including phenoxy) is 1. The third-order valence-electron chi connectivity index (χ3n) is 3.68. The molecule has 0 aromatic heterocycles. The first kappa shape index (κ1) is 18.2. The molecule has 0 radical (unpaired) electrons. The maximum Gasteiger partial charge on any atom is 0.214 e. The fourth-order valence-electron chi connectivity index (χ4n) is 2.07. The van der Waals surface area contributed by atoms with Crippen LogP contribution in [0.15, 0.2) is 52.7 Å². The maximum atomic E-state index is 12.6. The van der Waals surface area contributed by atoms with Gasteiger partial charge in [-0.25, -0.2) is 0 Å². The van der Waals surface area contributed by atoms with E-state index < -0.39 is 0 Å². The summed E-state index contributed by atoms with van der Waals surface area (Å²) in [6.45, 7) is 4.05. The molecule has 1 N–H and O–H groups in total. The van der Waals surface area contributed by atoms with Gasteiger partial charge in [-0.15, -0.1) is 0 Å². The van der Waals surface area contributed by atoms with Gasteiger partial charge in [0, 0.05) is 5.56 Å². The number of ketones is 1. The predicted molar refractivity (Wildman–Crippen MR) is 99.8 cm³/mol. The van der Waals surface area contributed by atoms with Crippen LogP contribution in [0.25, 0.3) is 0 Å². The summed E-state index contributed by atoms with van der Waals surface area (Å²) >= 11 is 0. The predicted octanol–water partition coefficient (Wildman–Crippen LogP) is 3.60. The highest BCUT2D eigenvalue weighted by Crippen LogP contribution is 2.15. The third-order valence-corrected chi connectivity index (χ3v) is 3.68. The average Bonchev–Trinajstić information content (AvgIpc) is 2.64. The van der Waals surface area contributed by atoms with Gasteiger partial charge < -0.3 is 9.57 Å². The van der Waals surface area contributed by atoms with Gasteiger partial charge >= 0.3 is 0 Å². The summed E-state index contributed by atoms with van der Waals surface area (Å²) in [6, 6.07) is 12.6. The lowest BCUT2D eigenvalue weighted by Gasteiger charge is -2.06. The van der Waals surface area contributed by atoms with E-state index in [2.05, 4.69) is 20.5 Å². The highest BCUT2D eigenvalue weighted by molar-refractivity contribution is 6.64. The van der Waals surface area contributed by atoms with Crippen molar-refractivity contribution in [1.29, 1.82) is 0 Å². The van der Waals surface area contributed by atoms with Crippen molar-refractivity contribution in [3.63, 3.8) is 0 Å². The van der Waals surface area contributed by atoms with Crippen LogP contribution in [0.3, 0.4) is 0 Å². The van der Waals surface area contributed by atoms with Gasteiger partial charge in [-0.3, -0.25) is 10.2 Å². The molecule has 0 unspecified atom stereocenters. The number of benzene rings is 2. The van der Waals surface area contributed by atoms with Crippen LogP contribution < -0.4 is 10.2 Å². The van der Waals surface area contributed by atoms with Crippen LogP contribution in [0, 0.1) is 13.8 Å². The number of methoxy groups -OCH3 is 1. The molecule has 6 heteroatoms. The number of Topliss-reactive ketones (excluding diaryl/α,β-unsaturated/α-hetero) is 1. The number of carbonyl (C=O) groups excluding carboxylic acids is 1. The largest absolute Gasteiger partial charge is 0.497 e. The molecule has 0 aliphatic rings. The summed E-state index contributed by atoms with van der Waals surface area (Å²) in [5, 5.41) is 7.83. The quantitative estimate of drug-likeness (QED) is 0.475. The van der Waals surface area contributed by atoms with Gasteiger partial charge in [0.15, 0.2) is 5.71 Å². The Morgan fingerprint density at radius 3 is 2.36 bits per heavy atom. The van der Waals surface area contributed by atoms with Crippen molar-refractivity contribution < 1.29 is 14.4 Å². The van der Waals surface area contributed by atoms with Crippen molar-refractivity contribution >= 4 is 23.4 Å². The van der Waals surface area contributed by atoms with E-state index in [-0.39, 0.29) is 11.5 Å². The number of anilines is 1. The number of hydrogen-bond acceptors (Lipinski definition) is 6. The zero-order valence-corrected chi connectivity index (χ0v) is 14.7. The molecular weight excluding hydrogens is 318 g/mol. The molecule has 130 valence electrons. The third kappa shape index (κ3) is 4.91. The normalized spacial score (nSPS) is 11.4. The van der Waals surface area contributed by atoms with Gasteiger partial charge in [0.25, 0.3) is 0 Å². The highest BCUT2D eigenvalue weighted by atomic mass is 16.6. The van der Waals surface area contributed by atoms with E-state index >= 15 is 0 Å². The second kappa shape index (κ2) is 8.63. The van der Waals surface area contributed by atoms with Crippen LogP contribution in [0.1, 0.15) is 21.5 Å². The zero-order valence-electron chi connectivity index (χ0n) is 14.7. The van der Waals surface area contributed by atoms with E-state index in [9.17, 15) is 4.79 Å². The molecule has 0 saturated heterocycles. The van der Waals surface area contributed by atoms with Crippen LogP contribution >= 0.6 is 0 Å². The summed E-state index contributed by atoms with van der Waals surface area (Å²) in [5.41, 5.74) is 6.60. The number of oxime groups is 1. The van der Waals surface area contributed by atoms with E-state index in [1.165, 1.54) is 18.9 Å². The topological polar surface area (TPSA) is 72.3 Å².